The number of nitrogens with zero attached hydrogens (tertiary/aromatic N) is 2. The average molecular weight is 206 g/mol. The Morgan fingerprint density at radius 3 is 2.58 bits per heavy atom. The molecule has 0 aromatic carbocycles. The normalized spacial score (nSPS) is 24.6. The number of amides is 2. The summed E-state index contributed by atoms with van der Waals surface area (Å²) in [4.78, 5) is 23.9. The van der Waals surface area contributed by atoms with Crippen molar-refractivity contribution in [1.29, 1.82) is 0 Å². The van der Waals surface area contributed by atoms with Crippen molar-refractivity contribution in [3.8, 4) is 0 Å². The number of rotatable bonds is 2. The fourth-order valence-corrected chi connectivity index (χ4v) is 2.40. The maximum Gasteiger partial charge on any atom is 0.323 e. The third-order valence-electron chi connectivity index (χ3n) is 1.98. The summed E-state index contributed by atoms with van der Waals surface area (Å²) in [5.74, 6) is 0.0524. The molecule has 2 amide bonds. The predicted molar refractivity (Wildman–Crippen MR) is 52.4 cm³/mol. The van der Waals surface area contributed by atoms with Crippen LogP contribution in [0, 0.1) is 0 Å². The lowest BCUT2D eigenvalue weighted by Gasteiger charge is -2.13. The van der Waals surface area contributed by atoms with Crippen molar-refractivity contribution in [2.45, 2.75) is 13.0 Å². The number of carbonyl (C=O) groups is 2. The van der Waals surface area contributed by atoms with Gasteiger partial charge in [-0.1, -0.05) is 8.93 Å². The second-order valence-corrected chi connectivity index (χ2v) is 4.33. The molecule has 0 radical (unpaired) electrons. The summed E-state index contributed by atoms with van der Waals surface area (Å²) in [7, 11) is 4.54. The highest BCUT2D eigenvalue weighted by Gasteiger charge is 2.36. The summed E-state index contributed by atoms with van der Waals surface area (Å²) in [5.41, 5.74) is 0. The van der Waals surface area contributed by atoms with Gasteiger partial charge in [0.1, 0.15) is 6.04 Å². The Labute approximate surface area is 75.6 Å². The van der Waals surface area contributed by atoms with E-state index < -0.39 is 0 Å². The summed E-state index contributed by atoms with van der Waals surface area (Å²) >= 11 is 0. The first kappa shape index (κ1) is 9.88. The first-order valence-electron chi connectivity index (χ1n) is 3.59. The van der Waals surface area contributed by atoms with E-state index in [0.29, 0.717) is 15.0 Å². The summed E-state index contributed by atoms with van der Waals surface area (Å²) < 4.78 is 1.66. The molecule has 1 aliphatic rings. The molecule has 68 valence electrons. The fourth-order valence-electron chi connectivity index (χ4n) is 1.21. The lowest BCUT2D eigenvalue weighted by Crippen LogP contribution is -2.34. The van der Waals surface area contributed by atoms with Crippen molar-refractivity contribution in [2.75, 3.05) is 13.6 Å². The van der Waals surface area contributed by atoms with Gasteiger partial charge in [-0.2, -0.15) is 0 Å². The van der Waals surface area contributed by atoms with Crippen molar-refractivity contribution in [2.24, 2.45) is 0 Å². The van der Waals surface area contributed by atoms with Crippen molar-refractivity contribution in [3.63, 3.8) is 0 Å². The number of ketones is 1. The highest BCUT2D eigenvalue weighted by atomic mass is 32.0. The number of urea groups is 1. The summed E-state index contributed by atoms with van der Waals surface area (Å²) in [6.45, 7) is 2.05. The van der Waals surface area contributed by atoms with Crippen LogP contribution in [-0.2, 0) is 4.79 Å². The predicted octanol–water partition coefficient (Wildman–Crippen LogP) is 0.695. The number of carbonyl (C=O) groups excluding carboxylic acids is 2. The lowest BCUT2D eigenvalue weighted by atomic mass is 10.2. The van der Waals surface area contributed by atoms with E-state index in [1.54, 1.807) is 11.7 Å². The van der Waals surface area contributed by atoms with Crippen LogP contribution in [0.15, 0.2) is 0 Å². The van der Waals surface area contributed by atoms with Crippen molar-refractivity contribution < 1.29 is 9.59 Å². The van der Waals surface area contributed by atoms with Gasteiger partial charge in [0.05, 0.1) is 6.54 Å². The van der Waals surface area contributed by atoms with Gasteiger partial charge in [0, 0.05) is 7.05 Å². The summed E-state index contributed by atoms with van der Waals surface area (Å²) in [6.07, 6.45) is 0. The largest absolute Gasteiger partial charge is 0.323 e. The lowest BCUT2D eigenvalue weighted by molar-refractivity contribution is -0.120. The molecule has 4 nitrogen and oxygen atoms in total. The van der Waals surface area contributed by atoms with Crippen molar-refractivity contribution in [3.05, 3.63) is 0 Å². The Morgan fingerprint density at radius 1 is 1.75 bits per heavy atom. The summed E-state index contributed by atoms with van der Waals surface area (Å²) in [5, 5.41) is 0. The van der Waals surface area contributed by atoms with E-state index in [4.69, 9.17) is 0 Å². The SMILES string of the molecule is CC(=O)[C@@H]1CN(PP)C(=O)N1C. The van der Waals surface area contributed by atoms with E-state index in [1.165, 1.54) is 11.8 Å². The van der Waals surface area contributed by atoms with Crippen LogP contribution in [-0.4, -0.2) is 41.0 Å². The molecule has 0 aromatic rings. The van der Waals surface area contributed by atoms with Gasteiger partial charge >= 0.3 is 6.03 Å². The highest BCUT2D eigenvalue weighted by Crippen LogP contribution is 2.32. The third kappa shape index (κ3) is 1.60. The van der Waals surface area contributed by atoms with Gasteiger partial charge in [-0.15, -0.1) is 0 Å². The molecule has 0 spiro atoms. The molecule has 0 bridgehead atoms. The maximum absolute atomic E-state index is 11.3. The topological polar surface area (TPSA) is 40.6 Å². The molecule has 1 saturated heterocycles. The van der Waals surface area contributed by atoms with Gasteiger partial charge in [-0.25, -0.2) is 4.79 Å². The van der Waals surface area contributed by atoms with E-state index in [2.05, 4.69) is 8.93 Å². The van der Waals surface area contributed by atoms with Crippen LogP contribution in [0.1, 0.15) is 6.92 Å². The zero-order chi connectivity index (χ0) is 9.30. The minimum Gasteiger partial charge on any atom is -0.316 e. The number of hydrogen-bond donors (Lipinski definition) is 0. The van der Waals surface area contributed by atoms with Crippen molar-refractivity contribution >= 4 is 29.2 Å². The molecule has 0 N–H and O–H groups in total. The van der Waals surface area contributed by atoms with Crippen LogP contribution in [0.25, 0.3) is 0 Å². The molecule has 0 aromatic heterocycles. The third-order valence-corrected chi connectivity index (χ3v) is 3.60. The number of Topliss-reactive ketones (excluding diaryl/α,β-unsaturated/α-hetero) is 1. The van der Waals surface area contributed by atoms with Gasteiger partial charge in [0.15, 0.2) is 5.78 Å². The summed E-state index contributed by atoms with van der Waals surface area (Å²) in [6, 6.07) is -0.297. The van der Waals surface area contributed by atoms with Gasteiger partial charge in [-0.3, -0.25) is 4.79 Å². The molecule has 2 unspecified atom stereocenters. The highest BCUT2D eigenvalue weighted by molar-refractivity contribution is 8.01. The van der Waals surface area contributed by atoms with Crippen LogP contribution in [0.2, 0.25) is 0 Å². The molecule has 1 fully saturated rings. The number of hydrogen-bond acceptors (Lipinski definition) is 2. The smallest absolute Gasteiger partial charge is 0.316 e. The monoisotopic (exact) mass is 206 g/mol. The molecule has 0 saturated carbocycles. The molecule has 0 aliphatic carbocycles. The Balaban J connectivity index is 2.73. The first-order chi connectivity index (χ1) is 5.57. The Hall–Kier alpha value is -0.200. The van der Waals surface area contributed by atoms with Crippen LogP contribution in [0.4, 0.5) is 4.79 Å². The van der Waals surface area contributed by atoms with Crippen LogP contribution < -0.4 is 0 Å². The van der Waals surface area contributed by atoms with Gasteiger partial charge in [0.2, 0.25) is 0 Å². The van der Waals surface area contributed by atoms with Crippen LogP contribution in [0.5, 0.6) is 0 Å². The molecule has 3 atom stereocenters. The number of likely N-dealkylation sites (N-methyl/N-ethyl adjacent to an activating group) is 1. The standard InChI is InChI=1S/C6H12N2O2P2/c1-4(9)5-3-8(12-11)6(10)7(5)2/h5,12H,3,11H2,1-2H3/t5-/m0/s1. The second-order valence-electron chi connectivity index (χ2n) is 2.76. The fraction of sp³-hybridized carbons (Fsp3) is 0.667. The molecule has 6 heteroatoms. The quantitative estimate of drug-likeness (QED) is 0.624. The molecule has 1 heterocycles. The Morgan fingerprint density at radius 2 is 2.33 bits per heavy atom. The van der Waals surface area contributed by atoms with Crippen molar-refractivity contribution in [1.82, 2.24) is 9.57 Å². The Bertz CT molecular complexity index is 222. The van der Waals surface area contributed by atoms with Crippen LogP contribution >= 0.6 is 17.3 Å². The maximum atomic E-state index is 11.3. The van der Waals surface area contributed by atoms with E-state index in [9.17, 15) is 9.59 Å². The molecular formula is C6H12N2O2P2. The van der Waals surface area contributed by atoms with Gasteiger partial charge in [-0.05, 0) is 15.3 Å². The zero-order valence-electron chi connectivity index (χ0n) is 7.07. The molecule has 12 heavy (non-hydrogen) atoms. The molecule has 1 rings (SSSR count). The molecular weight excluding hydrogens is 194 g/mol. The second kappa shape index (κ2) is 3.68. The average Bonchev–Trinajstić information content (AvgIpc) is 2.30. The van der Waals surface area contributed by atoms with E-state index >= 15 is 0 Å². The minimum atomic E-state index is -0.245. The van der Waals surface area contributed by atoms with E-state index in [0.717, 1.165) is 0 Å². The van der Waals surface area contributed by atoms with E-state index in [1.807, 2.05) is 0 Å². The zero-order valence-corrected chi connectivity index (χ0v) is 9.23. The van der Waals surface area contributed by atoms with Crippen LogP contribution in [0.3, 0.4) is 0 Å². The van der Waals surface area contributed by atoms with Gasteiger partial charge in [0.25, 0.3) is 0 Å². The minimum absolute atomic E-state index is 0.0523. The Kier molecular flexibility index (Phi) is 3.03. The molecule has 1 aliphatic heterocycles. The van der Waals surface area contributed by atoms with E-state index in [-0.39, 0.29) is 17.9 Å². The first-order valence-corrected chi connectivity index (χ1v) is 6.34. The van der Waals surface area contributed by atoms with Gasteiger partial charge < -0.3 is 9.57 Å².